The Morgan fingerprint density at radius 3 is 3.12 bits per heavy atom. The van der Waals surface area contributed by atoms with E-state index in [9.17, 15) is 4.79 Å². The van der Waals surface area contributed by atoms with Gasteiger partial charge in [-0.05, 0) is 6.07 Å². The van der Waals surface area contributed by atoms with Crippen molar-refractivity contribution < 1.29 is 9.53 Å². The van der Waals surface area contributed by atoms with Gasteiger partial charge < -0.3 is 10.1 Å². The second-order valence-corrected chi connectivity index (χ2v) is 5.83. The van der Waals surface area contributed by atoms with Crippen LogP contribution in [-0.4, -0.2) is 25.3 Å². The number of methoxy groups -OCH3 is 1. The van der Waals surface area contributed by atoms with Crippen molar-refractivity contribution in [1.29, 1.82) is 0 Å². The standard InChI is InChI=1S/C12H11NO2S2/c1-15-8-4-2-3-7-9(8)17-11-10(7)16-6-5-13-12(11)14/h2-4H,5-6H2,1H3,(H,13,14). The molecule has 17 heavy (non-hydrogen) atoms. The summed E-state index contributed by atoms with van der Waals surface area (Å²) in [5, 5.41) is 4.04. The van der Waals surface area contributed by atoms with Gasteiger partial charge in [0.1, 0.15) is 10.6 Å². The fourth-order valence-electron chi connectivity index (χ4n) is 1.92. The molecule has 1 aliphatic heterocycles. The van der Waals surface area contributed by atoms with Gasteiger partial charge in [-0.15, -0.1) is 23.1 Å². The van der Waals surface area contributed by atoms with Crippen molar-refractivity contribution in [3.63, 3.8) is 0 Å². The van der Waals surface area contributed by atoms with Crippen LogP contribution in [0.3, 0.4) is 0 Å². The van der Waals surface area contributed by atoms with Crippen LogP contribution in [0.15, 0.2) is 23.1 Å². The summed E-state index contributed by atoms with van der Waals surface area (Å²) < 4.78 is 6.40. The number of fused-ring (bicyclic) bond motifs is 3. The molecule has 0 aliphatic carbocycles. The summed E-state index contributed by atoms with van der Waals surface area (Å²) >= 11 is 3.25. The molecular formula is C12H11NO2S2. The van der Waals surface area contributed by atoms with E-state index >= 15 is 0 Å². The van der Waals surface area contributed by atoms with Crippen molar-refractivity contribution in [2.24, 2.45) is 0 Å². The number of carbonyl (C=O) groups is 1. The van der Waals surface area contributed by atoms with Crippen LogP contribution < -0.4 is 10.1 Å². The molecule has 2 aromatic rings. The third-order valence-corrected chi connectivity index (χ3v) is 5.16. The minimum atomic E-state index is 0.0354. The maximum atomic E-state index is 11.9. The SMILES string of the molecule is COc1cccc2c3c(sc12)C(=O)NCCS3. The summed E-state index contributed by atoms with van der Waals surface area (Å²) in [6, 6.07) is 5.96. The summed E-state index contributed by atoms with van der Waals surface area (Å²) in [6.45, 7) is 0.733. The number of rotatable bonds is 1. The average Bonchev–Trinajstić information content (AvgIpc) is 2.63. The lowest BCUT2D eigenvalue weighted by molar-refractivity contribution is 0.0959. The van der Waals surface area contributed by atoms with Crippen molar-refractivity contribution in [2.45, 2.75) is 4.90 Å². The Labute approximate surface area is 107 Å². The number of nitrogens with one attached hydrogen (secondary N) is 1. The van der Waals surface area contributed by atoms with Crippen LogP contribution in [0.1, 0.15) is 9.67 Å². The van der Waals surface area contributed by atoms with E-state index in [1.165, 1.54) is 11.3 Å². The highest BCUT2D eigenvalue weighted by Gasteiger charge is 2.22. The number of thiophene rings is 1. The van der Waals surface area contributed by atoms with Crippen LogP contribution in [-0.2, 0) is 0 Å². The van der Waals surface area contributed by atoms with Crippen LogP contribution >= 0.6 is 23.1 Å². The van der Waals surface area contributed by atoms with Crippen LogP contribution in [0.4, 0.5) is 0 Å². The normalized spacial score (nSPS) is 15.2. The Morgan fingerprint density at radius 1 is 1.41 bits per heavy atom. The zero-order valence-electron chi connectivity index (χ0n) is 9.28. The van der Waals surface area contributed by atoms with Crippen molar-refractivity contribution in [2.75, 3.05) is 19.4 Å². The van der Waals surface area contributed by atoms with E-state index < -0.39 is 0 Å². The van der Waals surface area contributed by atoms with Gasteiger partial charge in [0, 0.05) is 22.6 Å². The van der Waals surface area contributed by atoms with Gasteiger partial charge in [0.25, 0.3) is 5.91 Å². The van der Waals surface area contributed by atoms with Crippen molar-refractivity contribution in [3.8, 4) is 5.75 Å². The Morgan fingerprint density at radius 2 is 2.29 bits per heavy atom. The van der Waals surface area contributed by atoms with Crippen molar-refractivity contribution in [1.82, 2.24) is 5.32 Å². The molecule has 0 fully saturated rings. The monoisotopic (exact) mass is 265 g/mol. The molecule has 1 amide bonds. The van der Waals surface area contributed by atoms with E-state index in [4.69, 9.17) is 4.74 Å². The van der Waals surface area contributed by atoms with Gasteiger partial charge in [-0.2, -0.15) is 0 Å². The molecule has 0 radical (unpaired) electrons. The number of benzene rings is 1. The molecule has 0 spiro atoms. The predicted molar refractivity (Wildman–Crippen MR) is 71.4 cm³/mol. The highest BCUT2D eigenvalue weighted by Crippen LogP contribution is 2.42. The molecule has 3 nitrogen and oxygen atoms in total. The van der Waals surface area contributed by atoms with Gasteiger partial charge in [0.05, 0.1) is 11.8 Å². The molecule has 2 heterocycles. The van der Waals surface area contributed by atoms with E-state index in [0.29, 0.717) is 0 Å². The van der Waals surface area contributed by atoms with Gasteiger partial charge in [0.2, 0.25) is 0 Å². The Bertz CT molecular complexity index is 591. The van der Waals surface area contributed by atoms with E-state index in [2.05, 4.69) is 11.4 Å². The van der Waals surface area contributed by atoms with Crippen LogP contribution in [0.5, 0.6) is 5.75 Å². The van der Waals surface area contributed by atoms with E-state index in [1.807, 2.05) is 12.1 Å². The molecule has 88 valence electrons. The van der Waals surface area contributed by atoms with Crippen LogP contribution in [0.25, 0.3) is 10.1 Å². The van der Waals surface area contributed by atoms with Gasteiger partial charge in [-0.1, -0.05) is 12.1 Å². The smallest absolute Gasteiger partial charge is 0.262 e. The lowest BCUT2D eigenvalue weighted by Gasteiger charge is -2.01. The molecule has 0 unspecified atom stereocenters. The lowest BCUT2D eigenvalue weighted by Crippen LogP contribution is -2.22. The molecule has 0 saturated carbocycles. The Hall–Kier alpha value is -1.20. The van der Waals surface area contributed by atoms with Gasteiger partial charge >= 0.3 is 0 Å². The molecule has 0 bridgehead atoms. The van der Waals surface area contributed by atoms with Gasteiger partial charge in [-0.3, -0.25) is 4.79 Å². The molecule has 3 rings (SSSR count). The fourth-order valence-corrected chi connectivity index (χ4v) is 4.35. The molecule has 5 heteroatoms. The number of ether oxygens (including phenoxy) is 1. The first-order chi connectivity index (χ1) is 8.31. The molecule has 1 aromatic carbocycles. The topological polar surface area (TPSA) is 38.3 Å². The minimum absolute atomic E-state index is 0.0354. The summed E-state index contributed by atoms with van der Waals surface area (Å²) in [5.41, 5.74) is 0. The Balaban J connectivity index is 2.30. The predicted octanol–water partition coefficient (Wildman–Crippen LogP) is 2.75. The number of thioether (sulfide) groups is 1. The largest absolute Gasteiger partial charge is 0.495 e. The van der Waals surface area contributed by atoms with Crippen molar-refractivity contribution >= 4 is 39.1 Å². The van der Waals surface area contributed by atoms with Gasteiger partial charge in [0.15, 0.2) is 0 Å². The number of hydrogen-bond donors (Lipinski definition) is 1. The third-order valence-electron chi connectivity index (χ3n) is 2.69. The van der Waals surface area contributed by atoms with Crippen LogP contribution in [0.2, 0.25) is 0 Å². The van der Waals surface area contributed by atoms with Crippen molar-refractivity contribution in [3.05, 3.63) is 23.1 Å². The van der Waals surface area contributed by atoms with E-state index in [1.54, 1.807) is 18.9 Å². The van der Waals surface area contributed by atoms with Gasteiger partial charge in [-0.25, -0.2) is 0 Å². The zero-order valence-corrected chi connectivity index (χ0v) is 10.9. The molecule has 1 aromatic heterocycles. The maximum absolute atomic E-state index is 11.9. The van der Waals surface area contributed by atoms with E-state index in [0.717, 1.165) is 37.9 Å². The second kappa shape index (κ2) is 4.23. The number of carbonyl (C=O) groups excluding carboxylic acids is 1. The maximum Gasteiger partial charge on any atom is 0.262 e. The Kier molecular flexibility index (Phi) is 2.72. The molecule has 0 atom stereocenters. The highest BCUT2D eigenvalue weighted by molar-refractivity contribution is 7.99. The molecular weight excluding hydrogens is 254 g/mol. The van der Waals surface area contributed by atoms with Crippen LogP contribution in [0, 0.1) is 0 Å². The molecule has 1 aliphatic rings. The number of amides is 1. The quantitative estimate of drug-likeness (QED) is 0.861. The third kappa shape index (κ3) is 1.70. The average molecular weight is 265 g/mol. The highest BCUT2D eigenvalue weighted by atomic mass is 32.2. The first-order valence-corrected chi connectivity index (χ1v) is 7.12. The number of hydrogen-bond acceptors (Lipinski definition) is 4. The summed E-state index contributed by atoms with van der Waals surface area (Å²) in [6.07, 6.45) is 0. The first-order valence-electron chi connectivity index (χ1n) is 5.32. The fraction of sp³-hybridized carbons (Fsp3) is 0.250. The summed E-state index contributed by atoms with van der Waals surface area (Å²) in [4.78, 5) is 13.8. The zero-order chi connectivity index (χ0) is 11.8. The van der Waals surface area contributed by atoms with E-state index in [-0.39, 0.29) is 5.91 Å². The minimum Gasteiger partial charge on any atom is -0.495 e. The molecule has 1 N–H and O–H groups in total. The summed E-state index contributed by atoms with van der Waals surface area (Å²) in [5.74, 6) is 1.80. The lowest BCUT2D eigenvalue weighted by atomic mass is 10.2. The first kappa shape index (κ1) is 10.9. The second-order valence-electron chi connectivity index (χ2n) is 3.70. The molecule has 0 saturated heterocycles. The summed E-state index contributed by atoms with van der Waals surface area (Å²) in [7, 11) is 1.66.